The highest BCUT2D eigenvalue weighted by Crippen LogP contribution is 2.25. The number of rotatable bonds is 47. The molecule has 6 nitrogen and oxygen atoms in total. The van der Waals surface area contributed by atoms with Crippen LogP contribution in [0.15, 0.2) is 12.4 Å². The van der Waals surface area contributed by atoms with Gasteiger partial charge in [-0.15, -0.1) is 0 Å². The predicted octanol–water partition coefficient (Wildman–Crippen LogP) is 16.4. The van der Waals surface area contributed by atoms with Crippen LogP contribution in [0.3, 0.4) is 0 Å². The lowest BCUT2D eigenvalue weighted by molar-refractivity contribution is -0.149. The van der Waals surface area contributed by atoms with Gasteiger partial charge >= 0.3 is 5.97 Å². The number of hydrogen-bond acceptors (Lipinski definition) is 5. The SMILES string of the molecule is CCCCCCCCCC(CCCCCC)C(=O)OCCCCCCN(CCCCCCO[C@H](C)[C@@H](CCCCCC)CCCCCCCCC)CCCn1ccnc1C. The summed E-state index contributed by atoms with van der Waals surface area (Å²) in [6, 6.07) is 0. The average molecular weight is 844 g/mol. The highest BCUT2D eigenvalue weighted by Gasteiger charge is 2.20. The number of imidazole rings is 1. The van der Waals surface area contributed by atoms with Gasteiger partial charge in [-0.1, -0.05) is 195 Å². The number of esters is 1. The second-order valence-electron chi connectivity index (χ2n) is 18.9. The number of ether oxygens (including phenoxy) is 2. The van der Waals surface area contributed by atoms with Crippen molar-refractivity contribution in [1.29, 1.82) is 0 Å². The Morgan fingerprint density at radius 2 is 0.967 bits per heavy atom. The monoisotopic (exact) mass is 844 g/mol. The second-order valence-corrected chi connectivity index (χ2v) is 18.9. The van der Waals surface area contributed by atoms with Crippen molar-refractivity contribution in [2.24, 2.45) is 11.8 Å². The molecule has 0 saturated carbocycles. The minimum absolute atomic E-state index is 0.0821. The maximum Gasteiger partial charge on any atom is 0.308 e. The fraction of sp³-hybridized carbons (Fsp3) is 0.926. The van der Waals surface area contributed by atoms with E-state index in [1.165, 1.54) is 199 Å². The summed E-state index contributed by atoms with van der Waals surface area (Å²) in [5.41, 5.74) is 0. The summed E-state index contributed by atoms with van der Waals surface area (Å²) >= 11 is 0. The molecule has 0 N–H and O–H groups in total. The van der Waals surface area contributed by atoms with E-state index >= 15 is 0 Å². The molecule has 0 aliphatic carbocycles. The standard InChI is InChI=1S/C54H105N3O3/c1-7-11-15-19-21-23-31-39-52(38-29-17-13-9-3)50(5)59-48-35-27-25-33-43-56(45-37-46-57-47-42-55-51(57)6)44-34-26-28-36-49-60-54(58)53(40-30-18-14-10-4)41-32-24-22-20-16-12-8-2/h42,47,50,52-53H,7-41,43-46,48-49H2,1-6H3/t50-,52+,53?/m1/s1. The average Bonchev–Trinajstić information content (AvgIpc) is 3.66. The Morgan fingerprint density at radius 1 is 0.550 bits per heavy atom. The molecule has 0 fully saturated rings. The highest BCUT2D eigenvalue weighted by atomic mass is 16.5. The quantitative estimate of drug-likeness (QED) is 0.0483. The minimum Gasteiger partial charge on any atom is -0.465 e. The third-order valence-corrected chi connectivity index (χ3v) is 13.3. The number of carbonyl (C=O) groups excluding carboxylic acids is 1. The zero-order chi connectivity index (χ0) is 43.6. The molecule has 0 radical (unpaired) electrons. The molecule has 1 heterocycles. The van der Waals surface area contributed by atoms with E-state index in [0.29, 0.717) is 12.7 Å². The Morgan fingerprint density at radius 3 is 1.47 bits per heavy atom. The summed E-state index contributed by atoms with van der Waals surface area (Å²) in [7, 11) is 0. The third-order valence-electron chi connectivity index (χ3n) is 13.3. The summed E-state index contributed by atoms with van der Waals surface area (Å²) in [5.74, 6) is 2.03. The zero-order valence-corrected chi connectivity index (χ0v) is 41.4. The van der Waals surface area contributed by atoms with Crippen LogP contribution in [0.1, 0.15) is 265 Å². The van der Waals surface area contributed by atoms with Crippen LogP contribution in [-0.2, 0) is 20.8 Å². The lowest BCUT2D eigenvalue weighted by atomic mass is 9.90. The van der Waals surface area contributed by atoms with Gasteiger partial charge in [0.1, 0.15) is 5.82 Å². The van der Waals surface area contributed by atoms with E-state index in [4.69, 9.17) is 9.47 Å². The van der Waals surface area contributed by atoms with Gasteiger partial charge < -0.3 is 18.9 Å². The van der Waals surface area contributed by atoms with Crippen molar-refractivity contribution in [1.82, 2.24) is 14.5 Å². The number of unbranched alkanes of at least 4 members (excludes halogenated alkanes) is 24. The molecular formula is C54H105N3O3. The molecule has 1 aromatic rings. The van der Waals surface area contributed by atoms with Crippen molar-refractivity contribution in [2.75, 3.05) is 32.8 Å². The lowest BCUT2D eigenvalue weighted by Crippen LogP contribution is -2.28. The molecule has 0 saturated heterocycles. The Balaban J connectivity index is 2.42. The van der Waals surface area contributed by atoms with Gasteiger partial charge in [-0.3, -0.25) is 4.79 Å². The molecule has 0 aromatic carbocycles. The van der Waals surface area contributed by atoms with Gasteiger partial charge in [0.05, 0.1) is 18.6 Å². The van der Waals surface area contributed by atoms with E-state index in [0.717, 1.165) is 70.0 Å². The molecule has 1 rings (SSSR count). The summed E-state index contributed by atoms with van der Waals surface area (Å²) in [6.45, 7) is 19.7. The molecule has 0 spiro atoms. The molecule has 3 atom stereocenters. The van der Waals surface area contributed by atoms with Gasteiger partial charge in [-0.05, 0) is 97.2 Å². The fourth-order valence-electron chi connectivity index (χ4n) is 9.07. The second kappa shape index (κ2) is 42.9. The van der Waals surface area contributed by atoms with Crippen LogP contribution in [0.25, 0.3) is 0 Å². The molecular weight excluding hydrogens is 739 g/mol. The Labute approximate surface area is 375 Å². The smallest absolute Gasteiger partial charge is 0.308 e. The Kier molecular flexibility index (Phi) is 40.5. The maximum atomic E-state index is 13.1. The third kappa shape index (κ3) is 33.2. The van der Waals surface area contributed by atoms with Crippen LogP contribution in [-0.4, -0.2) is 59.4 Å². The molecule has 60 heavy (non-hydrogen) atoms. The predicted molar refractivity (Wildman–Crippen MR) is 261 cm³/mol. The van der Waals surface area contributed by atoms with E-state index in [1.54, 1.807) is 0 Å². The van der Waals surface area contributed by atoms with Crippen molar-refractivity contribution in [3.63, 3.8) is 0 Å². The van der Waals surface area contributed by atoms with Crippen LogP contribution >= 0.6 is 0 Å². The first-order chi connectivity index (χ1) is 29.5. The zero-order valence-electron chi connectivity index (χ0n) is 41.4. The first-order valence-electron chi connectivity index (χ1n) is 26.9. The van der Waals surface area contributed by atoms with Crippen molar-refractivity contribution in [2.45, 2.75) is 279 Å². The molecule has 354 valence electrons. The molecule has 0 aliphatic rings. The fourth-order valence-corrected chi connectivity index (χ4v) is 9.07. The first kappa shape index (κ1) is 56.6. The van der Waals surface area contributed by atoms with Gasteiger partial charge in [0.15, 0.2) is 0 Å². The van der Waals surface area contributed by atoms with Crippen molar-refractivity contribution in [3.8, 4) is 0 Å². The van der Waals surface area contributed by atoms with Gasteiger partial charge in [0.2, 0.25) is 0 Å². The van der Waals surface area contributed by atoms with Crippen LogP contribution in [0.4, 0.5) is 0 Å². The minimum atomic E-state index is 0.0821. The van der Waals surface area contributed by atoms with E-state index in [-0.39, 0.29) is 11.9 Å². The van der Waals surface area contributed by atoms with E-state index in [2.05, 4.69) is 62.2 Å². The highest BCUT2D eigenvalue weighted by molar-refractivity contribution is 5.72. The molecule has 1 aromatic heterocycles. The van der Waals surface area contributed by atoms with Crippen LogP contribution in [0.2, 0.25) is 0 Å². The van der Waals surface area contributed by atoms with Gasteiger partial charge in [-0.2, -0.15) is 0 Å². The van der Waals surface area contributed by atoms with E-state index in [1.807, 2.05) is 6.20 Å². The largest absolute Gasteiger partial charge is 0.465 e. The number of carbonyl (C=O) groups is 1. The van der Waals surface area contributed by atoms with Crippen LogP contribution < -0.4 is 0 Å². The van der Waals surface area contributed by atoms with Gasteiger partial charge in [-0.25, -0.2) is 4.98 Å². The number of nitrogens with zero attached hydrogens (tertiary/aromatic N) is 3. The number of aromatic nitrogens is 2. The Bertz CT molecular complexity index is 1030. The van der Waals surface area contributed by atoms with Gasteiger partial charge in [0.25, 0.3) is 0 Å². The maximum absolute atomic E-state index is 13.1. The molecule has 1 unspecified atom stereocenters. The van der Waals surface area contributed by atoms with E-state index < -0.39 is 0 Å². The summed E-state index contributed by atoms with van der Waals surface area (Å²) in [5, 5.41) is 0. The van der Waals surface area contributed by atoms with Crippen LogP contribution in [0.5, 0.6) is 0 Å². The molecule has 0 bridgehead atoms. The molecule has 0 amide bonds. The first-order valence-corrected chi connectivity index (χ1v) is 26.9. The number of aryl methyl sites for hydroxylation is 2. The summed E-state index contributed by atoms with van der Waals surface area (Å²) in [4.78, 5) is 20.3. The van der Waals surface area contributed by atoms with Crippen LogP contribution in [0, 0.1) is 18.8 Å². The normalized spacial score (nSPS) is 13.3. The lowest BCUT2D eigenvalue weighted by Gasteiger charge is -2.25. The molecule has 6 heteroatoms. The van der Waals surface area contributed by atoms with E-state index in [9.17, 15) is 4.79 Å². The topological polar surface area (TPSA) is 56.6 Å². The van der Waals surface area contributed by atoms with Crippen molar-refractivity contribution in [3.05, 3.63) is 18.2 Å². The summed E-state index contributed by atoms with van der Waals surface area (Å²) in [6.07, 6.45) is 49.1. The number of hydrogen-bond donors (Lipinski definition) is 0. The van der Waals surface area contributed by atoms with Crippen molar-refractivity contribution >= 4 is 5.97 Å². The summed E-state index contributed by atoms with van der Waals surface area (Å²) < 4.78 is 14.7. The van der Waals surface area contributed by atoms with Crippen molar-refractivity contribution < 1.29 is 14.3 Å². The molecule has 0 aliphatic heterocycles. The van der Waals surface area contributed by atoms with Gasteiger partial charge in [0, 0.05) is 25.5 Å². The Hall–Kier alpha value is -1.40.